The Bertz CT molecular complexity index is 632. The first kappa shape index (κ1) is 13.9. The molecule has 0 atom stereocenters. The van der Waals surface area contributed by atoms with Gasteiger partial charge in [-0.15, -0.1) is 0 Å². The number of morpholine rings is 1. The first-order chi connectivity index (χ1) is 10.2. The van der Waals surface area contributed by atoms with Crippen LogP contribution in [0.5, 0.6) is 5.75 Å². The zero-order valence-electron chi connectivity index (χ0n) is 11.3. The molecule has 2 N–H and O–H groups in total. The molecule has 21 heavy (non-hydrogen) atoms. The highest BCUT2D eigenvalue weighted by atomic mass is 35.5. The van der Waals surface area contributed by atoms with E-state index < -0.39 is 0 Å². The van der Waals surface area contributed by atoms with Gasteiger partial charge in [0.1, 0.15) is 16.7 Å². The number of nitrogens with zero attached hydrogens (tertiary/aromatic N) is 3. The van der Waals surface area contributed by atoms with Crippen LogP contribution in [0.15, 0.2) is 30.3 Å². The fraction of sp³-hybridized carbons (Fsp3) is 0.286. The molecule has 0 saturated carbocycles. The van der Waals surface area contributed by atoms with Gasteiger partial charge in [0.25, 0.3) is 0 Å². The van der Waals surface area contributed by atoms with Gasteiger partial charge in [0.15, 0.2) is 0 Å². The quantitative estimate of drug-likeness (QED) is 0.849. The summed E-state index contributed by atoms with van der Waals surface area (Å²) in [5.41, 5.74) is 0.699. The lowest BCUT2D eigenvalue weighted by Gasteiger charge is -2.28. The Morgan fingerprint density at radius 2 is 2.00 bits per heavy atom. The number of phenols is 1. The zero-order valence-corrected chi connectivity index (χ0v) is 12.0. The summed E-state index contributed by atoms with van der Waals surface area (Å²) in [7, 11) is 0. The maximum absolute atomic E-state index is 9.48. The van der Waals surface area contributed by atoms with Crippen molar-refractivity contribution in [1.29, 1.82) is 0 Å². The van der Waals surface area contributed by atoms with Gasteiger partial charge in [-0.2, -0.15) is 4.98 Å². The lowest BCUT2D eigenvalue weighted by molar-refractivity contribution is 0.122. The van der Waals surface area contributed by atoms with Crippen LogP contribution >= 0.6 is 11.6 Å². The summed E-state index contributed by atoms with van der Waals surface area (Å²) in [6, 6.07) is 8.49. The maximum atomic E-state index is 9.48. The Hall–Kier alpha value is -2.05. The molecule has 0 bridgehead atoms. The molecule has 2 aromatic rings. The van der Waals surface area contributed by atoms with Crippen molar-refractivity contribution in [2.24, 2.45) is 0 Å². The van der Waals surface area contributed by atoms with Gasteiger partial charge in [-0.25, -0.2) is 4.98 Å². The maximum Gasteiger partial charge on any atom is 0.230 e. The molecule has 7 heteroatoms. The van der Waals surface area contributed by atoms with Crippen LogP contribution in [0.4, 0.5) is 17.5 Å². The predicted molar refractivity (Wildman–Crippen MR) is 81.5 cm³/mol. The number of aromatic nitrogens is 2. The number of anilines is 3. The van der Waals surface area contributed by atoms with Gasteiger partial charge >= 0.3 is 0 Å². The third-order valence-corrected chi connectivity index (χ3v) is 3.31. The van der Waals surface area contributed by atoms with Gasteiger partial charge in [0.05, 0.1) is 13.2 Å². The molecule has 0 aliphatic carbocycles. The highest BCUT2D eigenvalue weighted by Gasteiger charge is 2.14. The third-order valence-electron chi connectivity index (χ3n) is 3.12. The fourth-order valence-corrected chi connectivity index (χ4v) is 2.31. The molecule has 1 fully saturated rings. The van der Waals surface area contributed by atoms with E-state index in [9.17, 15) is 5.11 Å². The van der Waals surface area contributed by atoms with Crippen LogP contribution in [0.1, 0.15) is 0 Å². The van der Waals surface area contributed by atoms with Crippen LogP contribution in [0.25, 0.3) is 0 Å². The molecule has 2 heterocycles. The molecule has 3 rings (SSSR count). The Labute approximate surface area is 127 Å². The van der Waals surface area contributed by atoms with Gasteiger partial charge in [0.2, 0.25) is 5.95 Å². The lowest BCUT2D eigenvalue weighted by Crippen LogP contribution is -2.36. The molecule has 0 amide bonds. The molecule has 0 unspecified atom stereocenters. The normalized spacial score (nSPS) is 15.0. The number of rotatable bonds is 3. The van der Waals surface area contributed by atoms with E-state index in [1.54, 1.807) is 24.3 Å². The van der Waals surface area contributed by atoms with Crippen molar-refractivity contribution in [1.82, 2.24) is 9.97 Å². The molecule has 1 saturated heterocycles. The Balaban J connectivity index is 1.83. The standard InChI is InChI=1S/C14H15ClN4O2/c15-12-9-13(19-4-6-21-7-5-19)18-14(17-12)16-10-2-1-3-11(20)8-10/h1-3,8-9,20H,4-7H2,(H,16,17,18). The molecule has 1 aliphatic heterocycles. The Morgan fingerprint density at radius 3 is 2.76 bits per heavy atom. The summed E-state index contributed by atoms with van der Waals surface area (Å²) < 4.78 is 5.33. The van der Waals surface area contributed by atoms with Gasteiger partial charge in [0, 0.05) is 30.9 Å². The minimum absolute atomic E-state index is 0.176. The summed E-state index contributed by atoms with van der Waals surface area (Å²) >= 11 is 6.07. The van der Waals surface area contributed by atoms with Crippen molar-refractivity contribution in [2.75, 3.05) is 36.5 Å². The molecule has 0 radical (unpaired) electrons. The van der Waals surface area contributed by atoms with Crippen molar-refractivity contribution in [3.05, 3.63) is 35.5 Å². The topological polar surface area (TPSA) is 70.5 Å². The minimum atomic E-state index is 0.176. The van der Waals surface area contributed by atoms with Crippen molar-refractivity contribution < 1.29 is 9.84 Å². The smallest absolute Gasteiger partial charge is 0.230 e. The summed E-state index contributed by atoms with van der Waals surface area (Å²) in [5, 5.41) is 12.9. The van der Waals surface area contributed by atoms with E-state index in [0.29, 0.717) is 30.0 Å². The second-order valence-corrected chi connectivity index (χ2v) is 5.03. The predicted octanol–water partition coefficient (Wildman–Crippen LogP) is 2.42. The van der Waals surface area contributed by atoms with Crippen LogP contribution in [-0.4, -0.2) is 41.4 Å². The van der Waals surface area contributed by atoms with Gasteiger partial charge in [-0.3, -0.25) is 0 Å². The van der Waals surface area contributed by atoms with E-state index in [0.717, 1.165) is 18.9 Å². The van der Waals surface area contributed by atoms with Crippen LogP contribution in [0.3, 0.4) is 0 Å². The summed E-state index contributed by atoms with van der Waals surface area (Å²) in [5.74, 6) is 1.34. The summed E-state index contributed by atoms with van der Waals surface area (Å²) in [4.78, 5) is 10.7. The lowest BCUT2D eigenvalue weighted by atomic mass is 10.3. The average molecular weight is 307 g/mol. The number of hydrogen-bond acceptors (Lipinski definition) is 6. The van der Waals surface area contributed by atoms with E-state index in [4.69, 9.17) is 16.3 Å². The second-order valence-electron chi connectivity index (χ2n) is 4.65. The Morgan fingerprint density at radius 1 is 1.19 bits per heavy atom. The SMILES string of the molecule is Oc1cccc(Nc2nc(Cl)cc(N3CCOCC3)n2)c1. The first-order valence-electron chi connectivity index (χ1n) is 6.64. The van der Waals surface area contributed by atoms with E-state index in [1.807, 2.05) is 6.07 Å². The minimum Gasteiger partial charge on any atom is -0.508 e. The monoisotopic (exact) mass is 306 g/mol. The molecule has 0 spiro atoms. The second kappa shape index (κ2) is 6.15. The van der Waals surface area contributed by atoms with E-state index in [2.05, 4.69) is 20.2 Å². The highest BCUT2D eigenvalue weighted by molar-refractivity contribution is 6.29. The molecule has 110 valence electrons. The van der Waals surface area contributed by atoms with Crippen LogP contribution < -0.4 is 10.2 Å². The molecule has 1 aliphatic rings. The van der Waals surface area contributed by atoms with Crippen molar-refractivity contribution in [3.63, 3.8) is 0 Å². The highest BCUT2D eigenvalue weighted by Crippen LogP contribution is 2.23. The van der Waals surface area contributed by atoms with E-state index in [1.165, 1.54) is 0 Å². The number of ether oxygens (including phenoxy) is 1. The van der Waals surface area contributed by atoms with Crippen molar-refractivity contribution in [2.45, 2.75) is 0 Å². The zero-order chi connectivity index (χ0) is 14.7. The molecule has 1 aromatic carbocycles. The summed E-state index contributed by atoms with van der Waals surface area (Å²) in [6.07, 6.45) is 0. The molecular weight excluding hydrogens is 292 g/mol. The van der Waals surface area contributed by atoms with E-state index >= 15 is 0 Å². The number of benzene rings is 1. The number of halogens is 1. The number of hydrogen-bond donors (Lipinski definition) is 2. The van der Waals surface area contributed by atoms with Gasteiger partial charge < -0.3 is 20.1 Å². The Kier molecular flexibility index (Phi) is 4.08. The largest absolute Gasteiger partial charge is 0.508 e. The molecule has 1 aromatic heterocycles. The van der Waals surface area contributed by atoms with Crippen LogP contribution in [0.2, 0.25) is 5.15 Å². The van der Waals surface area contributed by atoms with Crippen molar-refractivity contribution >= 4 is 29.1 Å². The number of phenolic OH excluding ortho intramolecular Hbond substituents is 1. The molecular formula is C14H15ClN4O2. The first-order valence-corrected chi connectivity index (χ1v) is 7.02. The average Bonchev–Trinajstić information content (AvgIpc) is 2.47. The van der Waals surface area contributed by atoms with Crippen molar-refractivity contribution in [3.8, 4) is 5.75 Å². The number of aromatic hydroxyl groups is 1. The van der Waals surface area contributed by atoms with Gasteiger partial charge in [-0.05, 0) is 12.1 Å². The van der Waals surface area contributed by atoms with Gasteiger partial charge in [-0.1, -0.05) is 17.7 Å². The fourth-order valence-electron chi connectivity index (χ4n) is 2.13. The number of nitrogens with one attached hydrogen (secondary N) is 1. The molecule has 6 nitrogen and oxygen atoms in total. The summed E-state index contributed by atoms with van der Waals surface area (Å²) in [6.45, 7) is 2.91. The van der Waals surface area contributed by atoms with E-state index in [-0.39, 0.29) is 5.75 Å². The van der Waals surface area contributed by atoms with Crippen LogP contribution in [0, 0.1) is 0 Å². The third kappa shape index (κ3) is 3.53. The van der Waals surface area contributed by atoms with Crippen LogP contribution in [-0.2, 0) is 4.74 Å².